The van der Waals surface area contributed by atoms with Crippen LogP contribution in [-0.4, -0.2) is 39.3 Å². The Morgan fingerprint density at radius 1 is 1.04 bits per heavy atom. The zero-order chi connectivity index (χ0) is 21.2. The van der Waals surface area contributed by atoms with Crippen molar-refractivity contribution in [3.63, 3.8) is 0 Å². The van der Waals surface area contributed by atoms with Crippen LogP contribution in [0.1, 0.15) is 11.1 Å². The first-order chi connectivity index (χ1) is 12.9. The Morgan fingerprint density at radius 3 is 2.25 bits per heavy atom. The van der Waals surface area contributed by atoms with Crippen LogP contribution in [0.3, 0.4) is 0 Å². The summed E-state index contributed by atoms with van der Waals surface area (Å²) in [4.78, 5) is 12.4. The third kappa shape index (κ3) is 5.10. The van der Waals surface area contributed by atoms with Gasteiger partial charge in [-0.1, -0.05) is 34.8 Å². The minimum atomic E-state index is -3.64. The van der Waals surface area contributed by atoms with Crippen LogP contribution in [0.5, 0.6) is 5.75 Å². The summed E-state index contributed by atoms with van der Waals surface area (Å²) >= 11 is 17.8. The SMILES string of the molecule is Cc1cc(S(=O)(=O)N(C)C)cc(NC(=O)COc2cc(Cl)c(Cl)cc2Cl)c1C. The van der Waals surface area contributed by atoms with Crippen molar-refractivity contribution in [2.45, 2.75) is 18.7 Å². The number of aryl methyl sites for hydroxylation is 1. The van der Waals surface area contributed by atoms with Crippen molar-refractivity contribution in [1.82, 2.24) is 4.31 Å². The highest BCUT2D eigenvalue weighted by Crippen LogP contribution is 2.34. The summed E-state index contributed by atoms with van der Waals surface area (Å²) in [5.74, 6) is -0.271. The summed E-state index contributed by atoms with van der Waals surface area (Å²) in [6.07, 6.45) is 0. The molecule has 2 rings (SSSR count). The molecule has 0 heterocycles. The van der Waals surface area contributed by atoms with E-state index in [1.54, 1.807) is 19.9 Å². The Morgan fingerprint density at radius 2 is 1.64 bits per heavy atom. The number of nitrogens with zero attached hydrogens (tertiary/aromatic N) is 1. The number of hydrogen-bond acceptors (Lipinski definition) is 4. The van der Waals surface area contributed by atoms with Gasteiger partial charge in [0.15, 0.2) is 6.61 Å². The van der Waals surface area contributed by atoms with Gasteiger partial charge in [-0.15, -0.1) is 0 Å². The molecule has 0 saturated carbocycles. The predicted octanol–water partition coefficient (Wildman–Crippen LogP) is 4.53. The van der Waals surface area contributed by atoms with Crippen LogP contribution in [0, 0.1) is 13.8 Å². The quantitative estimate of drug-likeness (QED) is 0.636. The van der Waals surface area contributed by atoms with Gasteiger partial charge in [-0.3, -0.25) is 4.79 Å². The molecule has 0 bridgehead atoms. The van der Waals surface area contributed by atoms with Gasteiger partial charge in [-0.2, -0.15) is 0 Å². The first kappa shape index (κ1) is 22.8. The molecule has 10 heteroatoms. The first-order valence-electron chi connectivity index (χ1n) is 8.04. The molecule has 2 aromatic rings. The summed E-state index contributed by atoms with van der Waals surface area (Å²) in [5.41, 5.74) is 1.86. The molecule has 0 fully saturated rings. The van der Waals surface area contributed by atoms with E-state index in [9.17, 15) is 13.2 Å². The summed E-state index contributed by atoms with van der Waals surface area (Å²) in [7, 11) is -0.754. The molecular weight excluding hydrogens is 447 g/mol. The molecule has 152 valence electrons. The zero-order valence-electron chi connectivity index (χ0n) is 15.6. The third-order valence-corrected chi connectivity index (χ3v) is 6.84. The van der Waals surface area contributed by atoms with Crippen molar-refractivity contribution >= 4 is 56.4 Å². The smallest absolute Gasteiger partial charge is 0.262 e. The van der Waals surface area contributed by atoms with Gasteiger partial charge < -0.3 is 10.1 Å². The van der Waals surface area contributed by atoms with E-state index in [2.05, 4.69) is 5.32 Å². The number of nitrogens with one attached hydrogen (secondary N) is 1. The molecule has 0 atom stereocenters. The average molecular weight is 466 g/mol. The molecule has 28 heavy (non-hydrogen) atoms. The average Bonchev–Trinajstić information content (AvgIpc) is 2.60. The van der Waals surface area contributed by atoms with Crippen LogP contribution in [0.4, 0.5) is 5.69 Å². The maximum atomic E-state index is 12.4. The Balaban J connectivity index is 2.20. The fourth-order valence-corrected chi connectivity index (χ4v) is 3.87. The highest BCUT2D eigenvalue weighted by Gasteiger charge is 2.20. The topological polar surface area (TPSA) is 75.7 Å². The number of amides is 1. The van der Waals surface area contributed by atoms with Gasteiger partial charge in [-0.25, -0.2) is 12.7 Å². The number of sulfonamides is 1. The molecule has 0 aliphatic carbocycles. The lowest BCUT2D eigenvalue weighted by Gasteiger charge is -2.16. The van der Waals surface area contributed by atoms with E-state index >= 15 is 0 Å². The maximum absolute atomic E-state index is 12.4. The second-order valence-corrected chi connectivity index (χ2v) is 9.61. The van der Waals surface area contributed by atoms with Crippen LogP contribution in [-0.2, 0) is 14.8 Å². The Labute approximate surface area is 179 Å². The number of hydrogen-bond donors (Lipinski definition) is 1. The van der Waals surface area contributed by atoms with Crippen LogP contribution >= 0.6 is 34.8 Å². The number of halogens is 3. The number of rotatable bonds is 6. The molecule has 6 nitrogen and oxygen atoms in total. The number of benzene rings is 2. The van der Waals surface area contributed by atoms with Gasteiger partial charge in [0, 0.05) is 25.8 Å². The largest absolute Gasteiger partial charge is 0.482 e. The second kappa shape index (κ2) is 8.88. The molecule has 0 spiro atoms. The molecule has 0 saturated heterocycles. The Bertz CT molecular complexity index is 1020. The number of anilines is 1. The molecule has 0 aliphatic rings. The van der Waals surface area contributed by atoms with Crippen molar-refractivity contribution in [1.29, 1.82) is 0 Å². The van der Waals surface area contributed by atoms with Crippen LogP contribution in [0.25, 0.3) is 0 Å². The zero-order valence-corrected chi connectivity index (χ0v) is 18.7. The molecular formula is C18H19Cl3N2O4S. The van der Waals surface area contributed by atoms with Gasteiger partial charge in [0.05, 0.1) is 20.0 Å². The van der Waals surface area contributed by atoms with Gasteiger partial charge in [0.2, 0.25) is 10.0 Å². The van der Waals surface area contributed by atoms with E-state index < -0.39 is 15.9 Å². The number of carbonyl (C=O) groups is 1. The molecule has 0 unspecified atom stereocenters. The van der Waals surface area contributed by atoms with E-state index in [1.807, 2.05) is 0 Å². The van der Waals surface area contributed by atoms with Crippen molar-refractivity contribution in [3.05, 3.63) is 50.5 Å². The molecule has 0 radical (unpaired) electrons. The van der Waals surface area contributed by atoms with E-state index in [1.165, 1.54) is 32.3 Å². The molecule has 0 aliphatic heterocycles. The summed E-state index contributed by atoms with van der Waals surface area (Å²) in [5, 5.41) is 3.40. The lowest BCUT2D eigenvalue weighted by Crippen LogP contribution is -2.24. The summed E-state index contributed by atoms with van der Waals surface area (Å²) in [6.45, 7) is 3.21. The number of ether oxygens (including phenoxy) is 1. The predicted molar refractivity (Wildman–Crippen MR) is 112 cm³/mol. The summed E-state index contributed by atoms with van der Waals surface area (Å²) < 4.78 is 31.3. The molecule has 1 N–H and O–H groups in total. The fraction of sp³-hybridized carbons (Fsp3) is 0.278. The van der Waals surface area contributed by atoms with Crippen LogP contribution in [0.15, 0.2) is 29.2 Å². The minimum Gasteiger partial charge on any atom is -0.482 e. The van der Waals surface area contributed by atoms with Crippen LogP contribution < -0.4 is 10.1 Å². The second-order valence-electron chi connectivity index (χ2n) is 6.23. The monoisotopic (exact) mass is 464 g/mol. The minimum absolute atomic E-state index is 0.0874. The third-order valence-electron chi connectivity index (χ3n) is 4.03. The van der Waals surface area contributed by atoms with Gasteiger partial charge in [0.25, 0.3) is 5.91 Å². The van der Waals surface area contributed by atoms with E-state index in [0.717, 1.165) is 15.4 Å². The van der Waals surface area contributed by atoms with Crippen molar-refractivity contribution in [2.75, 3.05) is 26.0 Å². The Kier molecular flexibility index (Phi) is 7.22. The van der Waals surface area contributed by atoms with Gasteiger partial charge >= 0.3 is 0 Å². The first-order valence-corrected chi connectivity index (χ1v) is 10.6. The maximum Gasteiger partial charge on any atom is 0.262 e. The van der Waals surface area contributed by atoms with E-state index in [0.29, 0.717) is 5.69 Å². The standard InChI is InChI=1S/C18H19Cl3N2O4S/c1-10-5-12(28(25,26)23(3)4)6-16(11(10)2)22-18(24)9-27-17-8-14(20)13(19)7-15(17)21/h5-8H,9H2,1-4H3,(H,22,24). The number of carbonyl (C=O) groups excluding carboxylic acids is 1. The normalized spacial score (nSPS) is 11.6. The van der Waals surface area contributed by atoms with Crippen molar-refractivity contribution in [3.8, 4) is 5.75 Å². The van der Waals surface area contributed by atoms with Crippen LogP contribution in [0.2, 0.25) is 15.1 Å². The lowest BCUT2D eigenvalue weighted by atomic mass is 10.1. The fourth-order valence-electron chi connectivity index (χ4n) is 2.26. The van der Waals surface area contributed by atoms with Crippen molar-refractivity contribution in [2.24, 2.45) is 0 Å². The Hall–Kier alpha value is -1.51. The lowest BCUT2D eigenvalue weighted by molar-refractivity contribution is -0.118. The highest BCUT2D eigenvalue weighted by molar-refractivity contribution is 7.89. The van der Waals surface area contributed by atoms with Gasteiger partial charge in [0.1, 0.15) is 5.75 Å². The van der Waals surface area contributed by atoms with E-state index in [-0.39, 0.29) is 32.3 Å². The van der Waals surface area contributed by atoms with Crippen molar-refractivity contribution < 1.29 is 17.9 Å². The highest BCUT2D eigenvalue weighted by atomic mass is 35.5. The molecule has 2 aromatic carbocycles. The summed E-state index contributed by atoms with van der Waals surface area (Å²) in [6, 6.07) is 5.81. The molecule has 1 amide bonds. The van der Waals surface area contributed by atoms with E-state index in [4.69, 9.17) is 39.5 Å². The van der Waals surface area contributed by atoms with Gasteiger partial charge in [-0.05, 0) is 43.2 Å². The molecule has 0 aromatic heterocycles.